The molecule has 1 atom stereocenters. The molecule has 0 aromatic heterocycles. The van der Waals surface area contributed by atoms with Crippen molar-refractivity contribution >= 4 is 24.6 Å². The van der Waals surface area contributed by atoms with Gasteiger partial charge in [0.25, 0.3) is 5.91 Å². The van der Waals surface area contributed by atoms with Crippen molar-refractivity contribution in [1.29, 1.82) is 0 Å². The van der Waals surface area contributed by atoms with Gasteiger partial charge < -0.3 is 5.32 Å². The van der Waals surface area contributed by atoms with E-state index in [4.69, 9.17) is 0 Å². The molecule has 3 amide bonds. The van der Waals surface area contributed by atoms with Gasteiger partial charge in [0.15, 0.2) is 0 Å². The van der Waals surface area contributed by atoms with Gasteiger partial charge >= 0.3 is 6.03 Å². The summed E-state index contributed by atoms with van der Waals surface area (Å²) in [5.74, 6) is 0.0566. The first kappa shape index (κ1) is 8.39. The predicted octanol–water partition coefficient (Wildman–Crippen LogP) is -0.0956. The highest BCUT2D eigenvalue weighted by Crippen LogP contribution is 2.16. The van der Waals surface area contributed by atoms with Crippen molar-refractivity contribution in [3.8, 4) is 0 Å². The number of imide groups is 1. The van der Waals surface area contributed by atoms with E-state index in [1.54, 1.807) is 0 Å². The molecule has 1 rings (SSSR count). The summed E-state index contributed by atoms with van der Waals surface area (Å²) in [6.07, 6.45) is 0.564. The standard InChI is InChI=1S/C6H10N2O2S/c1-2-6(3-11)4(9)7-5(10)8-6/h11H,2-3H2,1H3,(H2,7,8,9,10). The predicted molar refractivity (Wildman–Crippen MR) is 43.5 cm³/mol. The molecule has 2 N–H and O–H groups in total. The zero-order valence-electron chi connectivity index (χ0n) is 6.18. The first-order valence-electron chi connectivity index (χ1n) is 3.39. The molecule has 1 fully saturated rings. The monoisotopic (exact) mass is 174 g/mol. The van der Waals surface area contributed by atoms with Crippen molar-refractivity contribution in [2.45, 2.75) is 18.9 Å². The number of urea groups is 1. The number of rotatable bonds is 2. The van der Waals surface area contributed by atoms with Crippen molar-refractivity contribution in [1.82, 2.24) is 10.6 Å². The van der Waals surface area contributed by atoms with Crippen LogP contribution < -0.4 is 10.6 Å². The van der Waals surface area contributed by atoms with Gasteiger partial charge in [-0.1, -0.05) is 6.92 Å². The Morgan fingerprint density at radius 3 is 2.36 bits per heavy atom. The molecule has 0 aromatic rings. The Kier molecular flexibility index (Phi) is 2.08. The summed E-state index contributed by atoms with van der Waals surface area (Å²) in [6.45, 7) is 1.83. The lowest BCUT2D eigenvalue weighted by Crippen LogP contribution is -2.48. The molecule has 1 aliphatic rings. The van der Waals surface area contributed by atoms with Crippen molar-refractivity contribution < 1.29 is 9.59 Å². The van der Waals surface area contributed by atoms with Gasteiger partial charge in [-0.3, -0.25) is 10.1 Å². The summed E-state index contributed by atoms with van der Waals surface area (Å²) in [7, 11) is 0. The van der Waals surface area contributed by atoms with Crippen LogP contribution in [0, 0.1) is 0 Å². The van der Waals surface area contributed by atoms with Gasteiger partial charge in [0.2, 0.25) is 0 Å². The quantitative estimate of drug-likeness (QED) is 0.404. The first-order valence-corrected chi connectivity index (χ1v) is 4.02. The first-order chi connectivity index (χ1) is 5.14. The molecule has 0 saturated carbocycles. The minimum atomic E-state index is -0.778. The summed E-state index contributed by atoms with van der Waals surface area (Å²) >= 11 is 4.01. The van der Waals surface area contributed by atoms with E-state index in [1.807, 2.05) is 6.92 Å². The van der Waals surface area contributed by atoms with Crippen molar-refractivity contribution in [2.75, 3.05) is 5.75 Å². The minimum Gasteiger partial charge on any atom is -0.322 e. The normalized spacial score (nSPS) is 30.0. The van der Waals surface area contributed by atoms with Crippen molar-refractivity contribution in [3.63, 3.8) is 0 Å². The number of carbonyl (C=O) groups excluding carboxylic acids is 2. The van der Waals surface area contributed by atoms with Gasteiger partial charge in [-0.05, 0) is 6.42 Å². The van der Waals surface area contributed by atoms with E-state index in [-0.39, 0.29) is 5.91 Å². The molecule has 1 heterocycles. The van der Waals surface area contributed by atoms with Crippen LogP contribution in [0.2, 0.25) is 0 Å². The Morgan fingerprint density at radius 1 is 1.55 bits per heavy atom. The second-order valence-electron chi connectivity index (χ2n) is 2.50. The lowest BCUT2D eigenvalue weighted by atomic mass is 10.00. The largest absolute Gasteiger partial charge is 0.322 e. The summed E-state index contributed by atoms with van der Waals surface area (Å²) in [5, 5.41) is 4.71. The Labute approximate surface area is 70.1 Å². The summed E-state index contributed by atoms with van der Waals surface area (Å²) in [4.78, 5) is 21.8. The lowest BCUT2D eigenvalue weighted by Gasteiger charge is -2.20. The lowest BCUT2D eigenvalue weighted by molar-refractivity contribution is -0.123. The molecule has 62 valence electrons. The Hall–Kier alpha value is -0.710. The second kappa shape index (κ2) is 2.73. The van der Waals surface area contributed by atoms with Crippen LogP contribution in [-0.4, -0.2) is 23.2 Å². The number of carbonyl (C=O) groups is 2. The average molecular weight is 174 g/mol. The van der Waals surface area contributed by atoms with Crippen LogP contribution in [0.15, 0.2) is 0 Å². The molecule has 1 aliphatic heterocycles. The SMILES string of the molecule is CCC1(CS)NC(=O)NC1=O. The van der Waals surface area contributed by atoms with Crippen molar-refractivity contribution in [2.24, 2.45) is 0 Å². The molecular weight excluding hydrogens is 164 g/mol. The molecule has 4 nitrogen and oxygen atoms in total. The Bertz CT molecular complexity index is 201. The van der Waals surface area contributed by atoms with E-state index < -0.39 is 11.6 Å². The highest BCUT2D eigenvalue weighted by molar-refractivity contribution is 7.80. The molecule has 11 heavy (non-hydrogen) atoms. The summed E-state index contributed by atoms with van der Waals surface area (Å²) in [6, 6.07) is -0.425. The van der Waals surface area contributed by atoms with Gasteiger partial charge in [-0.2, -0.15) is 12.6 Å². The van der Waals surface area contributed by atoms with Gasteiger partial charge in [-0.15, -0.1) is 0 Å². The second-order valence-corrected chi connectivity index (χ2v) is 2.82. The van der Waals surface area contributed by atoms with E-state index in [1.165, 1.54) is 0 Å². The maximum absolute atomic E-state index is 11.1. The number of nitrogens with one attached hydrogen (secondary N) is 2. The fourth-order valence-electron chi connectivity index (χ4n) is 1.00. The van der Waals surface area contributed by atoms with E-state index in [2.05, 4.69) is 23.3 Å². The maximum atomic E-state index is 11.1. The highest BCUT2D eigenvalue weighted by Gasteiger charge is 2.43. The summed E-state index contributed by atoms with van der Waals surface area (Å²) < 4.78 is 0. The van der Waals surface area contributed by atoms with Crippen LogP contribution in [0.3, 0.4) is 0 Å². The van der Waals surface area contributed by atoms with Gasteiger partial charge in [0.1, 0.15) is 5.54 Å². The van der Waals surface area contributed by atoms with Gasteiger partial charge in [0, 0.05) is 5.75 Å². The third kappa shape index (κ3) is 1.20. The highest BCUT2D eigenvalue weighted by atomic mass is 32.1. The third-order valence-corrected chi connectivity index (χ3v) is 2.43. The van der Waals surface area contributed by atoms with Crippen LogP contribution in [0.4, 0.5) is 4.79 Å². The fraction of sp³-hybridized carbons (Fsp3) is 0.667. The van der Waals surface area contributed by atoms with E-state index >= 15 is 0 Å². The topological polar surface area (TPSA) is 58.2 Å². The van der Waals surface area contributed by atoms with E-state index in [9.17, 15) is 9.59 Å². The zero-order chi connectivity index (χ0) is 8.48. The van der Waals surface area contributed by atoms with E-state index in [0.717, 1.165) is 0 Å². The fourth-order valence-corrected chi connectivity index (χ4v) is 1.45. The van der Waals surface area contributed by atoms with Gasteiger partial charge in [-0.25, -0.2) is 4.79 Å². The molecule has 1 saturated heterocycles. The zero-order valence-corrected chi connectivity index (χ0v) is 7.07. The molecular formula is C6H10N2O2S. The minimum absolute atomic E-state index is 0.278. The Morgan fingerprint density at radius 2 is 2.18 bits per heavy atom. The van der Waals surface area contributed by atoms with Crippen molar-refractivity contribution in [3.05, 3.63) is 0 Å². The molecule has 1 unspecified atom stereocenters. The number of hydrogen-bond acceptors (Lipinski definition) is 3. The number of amides is 3. The van der Waals surface area contributed by atoms with Crippen LogP contribution >= 0.6 is 12.6 Å². The smallest absolute Gasteiger partial charge is 0.322 e. The van der Waals surface area contributed by atoms with Crippen LogP contribution in [0.25, 0.3) is 0 Å². The molecule has 0 bridgehead atoms. The average Bonchev–Trinajstić information content (AvgIpc) is 2.27. The number of thiol groups is 1. The summed E-state index contributed by atoms with van der Waals surface area (Å²) in [5.41, 5.74) is -0.778. The van der Waals surface area contributed by atoms with Gasteiger partial charge in [0.05, 0.1) is 0 Å². The van der Waals surface area contributed by atoms with E-state index in [0.29, 0.717) is 12.2 Å². The molecule has 0 aromatic carbocycles. The number of hydrogen-bond donors (Lipinski definition) is 3. The Balaban J connectivity index is 2.84. The van der Waals surface area contributed by atoms with Crippen LogP contribution in [0.5, 0.6) is 0 Å². The maximum Gasteiger partial charge on any atom is 0.322 e. The molecule has 0 spiro atoms. The molecule has 0 radical (unpaired) electrons. The van der Waals surface area contributed by atoms with Crippen LogP contribution in [-0.2, 0) is 4.79 Å². The molecule has 0 aliphatic carbocycles. The third-order valence-electron chi connectivity index (χ3n) is 1.89. The van der Waals surface area contributed by atoms with Crippen LogP contribution in [0.1, 0.15) is 13.3 Å². The molecule has 5 heteroatoms.